The maximum absolute atomic E-state index is 13.3. The van der Waals surface area contributed by atoms with Gasteiger partial charge in [0.2, 0.25) is 0 Å². The third-order valence-corrected chi connectivity index (χ3v) is 3.89. The number of hydrogen-bond acceptors (Lipinski definition) is 2. The lowest BCUT2D eigenvalue weighted by atomic mass is 9.99. The molecule has 0 radical (unpaired) electrons. The van der Waals surface area contributed by atoms with Crippen molar-refractivity contribution in [1.29, 1.82) is 0 Å². The Labute approximate surface area is 124 Å². The zero-order valence-corrected chi connectivity index (χ0v) is 12.5. The Hall–Kier alpha value is -1.10. The maximum atomic E-state index is 13.3. The van der Waals surface area contributed by atoms with Crippen molar-refractivity contribution in [1.82, 2.24) is 0 Å². The van der Waals surface area contributed by atoms with Crippen LogP contribution in [0.25, 0.3) is 0 Å². The molecule has 100 valence electrons. The summed E-state index contributed by atoms with van der Waals surface area (Å²) in [4.78, 5) is 0. The molecule has 0 heterocycles. The zero-order valence-electron chi connectivity index (χ0n) is 10.2. The molecule has 0 bridgehead atoms. The fourth-order valence-electron chi connectivity index (χ4n) is 1.81. The van der Waals surface area contributed by atoms with E-state index in [1.165, 1.54) is 12.1 Å². The van der Waals surface area contributed by atoms with Crippen LogP contribution >= 0.6 is 27.5 Å². The normalized spacial score (nSPS) is 12.3. The van der Waals surface area contributed by atoms with Gasteiger partial charge in [0, 0.05) is 9.50 Å². The highest BCUT2D eigenvalue weighted by atomic mass is 79.9. The van der Waals surface area contributed by atoms with Crippen LogP contribution in [0.2, 0.25) is 5.02 Å². The van der Waals surface area contributed by atoms with E-state index in [9.17, 15) is 4.39 Å². The molecule has 2 rings (SSSR count). The molecule has 1 atom stereocenters. The van der Waals surface area contributed by atoms with Crippen molar-refractivity contribution >= 4 is 27.5 Å². The van der Waals surface area contributed by atoms with Gasteiger partial charge in [-0.25, -0.2) is 4.39 Å². The van der Waals surface area contributed by atoms with E-state index in [-0.39, 0.29) is 5.82 Å². The van der Waals surface area contributed by atoms with Gasteiger partial charge in [-0.15, -0.1) is 0 Å². The molecular formula is C14H12BrClFNO. The molecule has 19 heavy (non-hydrogen) atoms. The third-order valence-electron chi connectivity index (χ3n) is 2.84. The van der Waals surface area contributed by atoms with E-state index in [2.05, 4.69) is 15.9 Å². The smallest absolute Gasteiger partial charge is 0.123 e. The van der Waals surface area contributed by atoms with Gasteiger partial charge in [0.15, 0.2) is 0 Å². The standard InChI is InChI=1S/C14H12BrClFNO/c1-19-9-3-4-10(13(16)7-9)14(18)11-6-8(17)2-5-12(11)15/h2-7,14H,18H2,1H3. The lowest BCUT2D eigenvalue weighted by Gasteiger charge is -2.16. The number of hydrogen-bond donors (Lipinski definition) is 1. The highest BCUT2D eigenvalue weighted by Crippen LogP contribution is 2.33. The Morgan fingerprint density at radius 3 is 2.58 bits per heavy atom. The third kappa shape index (κ3) is 3.08. The molecule has 0 amide bonds. The molecule has 0 saturated carbocycles. The molecule has 2 N–H and O–H groups in total. The SMILES string of the molecule is COc1ccc(C(N)c2cc(F)ccc2Br)c(Cl)c1. The first kappa shape index (κ1) is 14.3. The van der Waals surface area contributed by atoms with Crippen LogP contribution in [0.3, 0.4) is 0 Å². The van der Waals surface area contributed by atoms with Crippen molar-refractivity contribution in [3.63, 3.8) is 0 Å². The summed E-state index contributed by atoms with van der Waals surface area (Å²) in [5.41, 5.74) is 7.52. The van der Waals surface area contributed by atoms with Gasteiger partial charge in [-0.1, -0.05) is 33.6 Å². The number of methoxy groups -OCH3 is 1. The summed E-state index contributed by atoms with van der Waals surface area (Å²) >= 11 is 9.54. The van der Waals surface area contributed by atoms with Gasteiger partial charge in [-0.3, -0.25) is 0 Å². The van der Waals surface area contributed by atoms with Gasteiger partial charge in [0.05, 0.1) is 13.2 Å². The molecular weight excluding hydrogens is 333 g/mol. The predicted octanol–water partition coefficient (Wildman–Crippen LogP) is 4.30. The molecule has 0 aliphatic carbocycles. The zero-order chi connectivity index (χ0) is 14.0. The molecule has 5 heteroatoms. The molecule has 0 aliphatic heterocycles. The van der Waals surface area contributed by atoms with Gasteiger partial charge in [-0.2, -0.15) is 0 Å². The minimum Gasteiger partial charge on any atom is -0.497 e. The highest BCUT2D eigenvalue weighted by Gasteiger charge is 2.16. The minimum atomic E-state index is -0.511. The van der Waals surface area contributed by atoms with Crippen LogP contribution in [0, 0.1) is 5.82 Å². The topological polar surface area (TPSA) is 35.2 Å². The lowest BCUT2D eigenvalue weighted by Crippen LogP contribution is -2.13. The van der Waals surface area contributed by atoms with E-state index < -0.39 is 6.04 Å². The Bertz CT molecular complexity index is 606. The number of ether oxygens (including phenoxy) is 1. The summed E-state index contributed by atoms with van der Waals surface area (Å²) in [6.07, 6.45) is 0. The highest BCUT2D eigenvalue weighted by molar-refractivity contribution is 9.10. The Balaban J connectivity index is 2.43. The molecule has 2 aromatic rings. The molecule has 0 spiro atoms. The minimum absolute atomic E-state index is 0.335. The molecule has 0 aliphatic rings. The summed E-state index contributed by atoms with van der Waals surface area (Å²) in [6.45, 7) is 0. The number of benzene rings is 2. The average molecular weight is 345 g/mol. The average Bonchev–Trinajstić information content (AvgIpc) is 2.40. The summed E-state index contributed by atoms with van der Waals surface area (Å²) < 4.78 is 19.1. The monoisotopic (exact) mass is 343 g/mol. The second-order valence-corrected chi connectivity index (χ2v) is 5.29. The van der Waals surface area contributed by atoms with Crippen molar-refractivity contribution in [3.05, 3.63) is 62.8 Å². The van der Waals surface area contributed by atoms with E-state index in [0.717, 1.165) is 4.47 Å². The summed E-state index contributed by atoms with van der Waals surface area (Å²) in [5.74, 6) is 0.317. The molecule has 1 unspecified atom stereocenters. The van der Waals surface area contributed by atoms with Crippen LogP contribution in [-0.4, -0.2) is 7.11 Å². The number of rotatable bonds is 3. The first-order valence-electron chi connectivity index (χ1n) is 5.57. The lowest BCUT2D eigenvalue weighted by molar-refractivity contribution is 0.414. The first-order chi connectivity index (χ1) is 9.02. The largest absolute Gasteiger partial charge is 0.497 e. The fraction of sp³-hybridized carbons (Fsp3) is 0.143. The summed E-state index contributed by atoms with van der Waals surface area (Å²) in [6, 6.07) is 9.12. The Kier molecular flexibility index (Phi) is 4.45. The first-order valence-corrected chi connectivity index (χ1v) is 6.74. The summed E-state index contributed by atoms with van der Waals surface area (Å²) in [5, 5.41) is 0.489. The van der Waals surface area contributed by atoms with Crippen molar-refractivity contribution in [3.8, 4) is 5.75 Å². The van der Waals surface area contributed by atoms with Crippen molar-refractivity contribution in [2.24, 2.45) is 5.73 Å². The maximum Gasteiger partial charge on any atom is 0.123 e. The van der Waals surface area contributed by atoms with Crippen LogP contribution in [-0.2, 0) is 0 Å². The van der Waals surface area contributed by atoms with Gasteiger partial charge in [0.1, 0.15) is 11.6 Å². The van der Waals surface area contributed by atoms with E-state index in [4.69, 9.17) is 22.1 Å². The quantitative estimate of drug-likeness (QED) is 0.901. The van der Waals surface area contributed by atoms with Crippen LogP contribution in [0.15, 0.2) is 40.9 Å². The molecule has 2 aromatic carbocycles. The van der Waals surface area contributed by atoms with Crippen molar-refractivity contribution in [2.45, 2.75) is 6.04 Å². The van der Waals surface area contributed by atoms with Gasteiger partial charge >= 0.3 is 0 Å². The van der Waals surface area contributed by atoms with Gasteiger partial charge in [-0.05, 0) is 41.5 Å². The van der Waals surface area contributed by atoms with Crippen LogP contribution in [0.5, 0.6) is 5.75 Å². The van der Waals surface area contributed by atoms with Crippen LogP contribution < -0.4 is 10.5 Å². The van der Waals surface area contributed by atoms with Crippen molar-refractivity contribution in [2.75, 3.05) is 7.11 Å². The second kappa shape index (κ2) is 5.90. The number of halogens is 3. The Morgan fingerprint density at radius 2 is 1.95 bits per heavy atom. The van der Waals surface area contributed by atoms with Crippen LogP contribution in [0.4, 0.5) is 4.39 Å². The van der Waals surface area contributed by atoms with E-state index in [0.29, 0.717) is 21.9 Å². The van der Waals surface area contributed by atoms with Crippen molar-refractivity contribution < 1.29 is 9.13 Å². The molecule has 2 nitrogen and oxygen atoms in total. The van der Waals surface area contributed by atoms with E-state index in [1.54, 1.807) is 31.4 Å². The van der Waals surface area contributed by atoms with Gasteiger partial charge in [0.25, 0.3) is 0 Å². The Morgan fingerprint density at radius 1 is 1.21 bits per heavy atom. The molecule has 0 fully saturated rings. The van der Waals surface area contributed by atoms with Gasteiger partial charge < -0.3 is 10.5 Å². The predicted molar refractivity (Wildman–Crippen MR) is 78.1 cm³/mol. The van der Waals surface area contributed by atoms with E-state index in [1.807, 2.05) is 0 Å². The van der Waals surface area contributed by atoms with Crippen LogP contribution in [0.1, 0.15) is 17.2 Å². The van der Waals surface area contributed by atoms with E-state index >= 15 is 0 Å². The molecule has 0 aromatic heterocycles. The number of nitrogens with two attached hydrogens (primary N) is 1. The summed E-state index contributed by atoms with van der Waals surface area (Å²) in [7, 11) is 1.56. The second-order valence-electron chi connectivity index (χ2n) is 4.03. The fourth-order valence-corrected chi connectivity index (χ4v) is 2.59. The molecule has 0 saturated heterocycles.